The van der Waals surface area contributed by atoms with Crippen LogP contribution in [0.4, 0.5) is 0 Å². The van der Waals surface area contributed by atoms with Crippen LogP contribution < -0.4 is 5.32 Å². The molecular weight excluding hydrogens is 286 g/mol. The van der Waals surface area contributed by atoms with Crippen molar-refractivity contribution in [3.63, 3.8) is 0 Å². The van der Waals surface area contributed by atoms with Gasteiger partial charge in [0, 0.05) is 29.8 Å². The van der Waals surface area contributed by atoms with Gasteiger partial charge in [0.15, 0.2) is 0 Å². The Hall–Kier alpha value is -1.84. The number of halogens is 1. The summed E-state index contributed by atoms with van der Waals surface area (Å²) in [5.41, 5.74) is 2.49. The number of carbonyl (C=O) groups is 1. The molecule has 0 spiro atoms. The Bertz CT molecular complexity index is 628. The quantitative estimate of drug-likeness (QED) is 0.913. The van der Waals surface area contributed by atoms with Crippen LogP contribution >= 0.6 is 11.6 Å². The number of carbonyl (C=O) groups excluding carboxylic acids is 1. The Balaban J connectivity index is 2.06. The number of aryl methyl sites for hydroxylation is 1. The van der Waals surface area contributed by atoms with Crippen molar-refractivity contribution in [2.75, 3.05) is 13.7 Å². The molecule has 2 aromatic rings. The molecule has 0 saturated carbocycles. The first kappa shape index (κ1) is 15.5. The lowest BCUT2D eigenvalue weighted by atomic mass is 10.1. The second-order valence-corrected chi connectivity index (χ2v) is 5.18. The van der Waals surface area contributed by atoms with Crippen molar-refractivity contribution < 1.29 is 9.53 Å². The van der Waals surface area contributed by atoms with Gasteiger partial charge in [0.05, 0.1) is 0 Å². The first-order valence-electron chi connectivity index (χ1n) is 6.74. The molecule has 0 aromatic heterocycles. The fourth-order valence-electron chi connectivity index (χ4n) is 2.16. The van der Waals surface area contributed by atoms with E-state index in [0.29, 0.717) is 17.1 Å². The molecule has 2 rings (SSSR count). The minimum absolute atomic E-state index is 0.109. The number of methoxy groups -OCH3 is 1. The molecule has 0 radical (unpaired) electrons. The Labute approximate surface area is 129 Å². The molecule has 1 N–H and O–H groups in total. The van der Waals surface area contributed by atoms with Crippen LogP contribution in [0, 0.1) is 6.92 Å². The first-order valence-corrected chi connectivity index (χ1v) is 7.12. The zero-order chi connectivity index (χ0) is 15.2. The van der Waals surface area contributed by atoms with Gasteiger partial charge in [0.1, 0.15) is 6.10 Å². The summed E-state index contributed by atoms with van der Waals surface area (Å²) < 4.78 is 5.43. The highest BCUT2D eigenvalue weighted by molar-refractivity contribution is 6.31. The van der Waals surface area contributed by atoms with E-state index < -0.39 is 0 Å². The standard InChI is InChI=1S/C17H18ClNO2/c1-12-7-3-4-8-13(12)17(20)19-11-16(21-2)14-9-5-6-10-15(14)18/h3-10,16H,11H2,1-2H3,(H,19,20)/t16-/m1/s1. The average molecular weight is 304 g/mol. The Morgan fingerprint density at radius 1 is 1.19 bits per heavy atom. The van der Waals surface area contributed by atoms with Gasteiger partial charge < -0.3 is 10.1 Å². The first-order chi connectivity index (χ1) is 10.1. The number of rotatable bonds is 5. The number of hydrogen-bond acceptors (Lipinski definition) is 2. The number of nitrogens with one attached hydrogen (secondary N) is 1. The highest BCUT2D eigenvalue weighted by Crippen LogP contribution is 2.24. The number of benzene rings is 2. The van der Waals surface area contributed by atoms with E-state index >= 15 is 0 Å². The van der Waals surface area contributed by atoms with Gasteiger partial charge in [-0.3, -0.25) is 4.79 Å². The summed E-state index contributed by atoms with van der Waals surface area (Å²) in [7, 11) is 1.61. The van der Waals surface area contributed by atoms with Crippen molar-refractivity contribution in [2.24, 2.45) is 0 Å². The van der Waals surface area contributed by atoms with Gasteiger partial charge in [-0.15, -0.1) is 0 Å². The summed E-state index contributed by atoms with van der Waals surface area (Å²) in [6.45, 7) is 2.28. The van der Waals surface area contributed by atoms with Crippen molar-refractivity contribution in [2.45, 2.75) is 13.0 Å². The monoisotopic (exact) mass is 303 g/mol. The van der Waals surface area contributed by atoms with E-state index in [9.17, 15) is 4.79 Å². The maximum atomic E-state index is 12.2. The molecule has 1 amide bonds. The van der Waals surface area contributed by atoms with Crippen LogP contribution in [0.5, 0.6) is 0 Å². The zero-order valence-corrected chi connectivity index (χ0v) is 12.9. The van der Waals surface area contributed by atoms with Gasteiger partial charge in [-0.2, -0.15) is 0 Å². The topological polar surface area (TPSA) is 38.3 Å². The van der Waals surface area contributed by atoms with E-state index in [4.69, 9.17) is 16.3 Å². The number of amides is 1. The Morgan fingerprint density at radius 2 is 1.86 bits per heavy atom. The maximum Gasteiger partial charge on any atom is 0.251 e. The third-order valence-corrected chi connectivity index (χ3v) is 3.72. The minimum Gasteiger partial charge on any atom is -0.375 e. The molecule has 1 atom stereocenters. The highest BCUT2D eigenvalue weighted by Gasteiger charge is 2.16. The van der Waals surface area contributed by atoms with Gasteiger partial charge in [-0.05, 0) is 24.6 Å². The lowest BCUT2D eigenvalue weighted by molar-refractivity contribution is 0.0827. The van der Waals surface area contributed by atoms with Crippen LogP contribution in [-0.4, -0.2) is 19.6 Å². The highest BCUT2D eigenvalue weighted by atomic mass is 35.5. The molecule has 0 aliphatic carbocycles. The van der Waals surface area contributed by atoms with Gasteiger partial charge in [0.25, 0.3) is 5.91 Å². The Morgan fingerprint density at radius 3 is 2.52 bits per heavy atom. The molecule has 0 unspecified atom stereocenters. The second-order valence-electron chi connectivity index (χ2n) is 4.77. The van der Waals surface area contributed by atoms with Crippen molar-refractivity contribution in [1.29, 1.82) is 0 Å². The van der Waals surface area contributed by atoms with Crippen LogP contribution in [0.1, 0.15) is 27.6 Å². The summed E-state index contributed by atoms with van der Waals surface area (Å²) in [5, 5.41) is 3.53. The van der Waals surface area contributed by atoms with Gasteiger partial charge >= 0.3 is 0 Å². The second kappa shape index (κ2) is 7.25. The fourth-order valence-corrected chi connectivity index (χ4v) is 2.42. The molecule has 3 nitrogen and oxygen atoms in total. The molecule has 0 aliphatic heterocycles. The van der Waals surface area contributed by atoms with E-state index in [1.54, 1.807) is 7.11 Å². The summed E-state index contributed by atoms with van der Waals surface area (Å²) >= 11 is 6.16. The lowest BCUT2D eigenvalue weighted by Crippen LogP contribution is -2.29. The van der Waals surface area contributed by atoms with Crippen LogP contribution in [0.15, 0.2) is 48.5 Å². The molecule has 0 saturated heterocycles. The molecule has 0 fully saturated rings. The summed E-state index contributed by atoms with van der Waals surface area (Å²) in [6.07, 6.45) is -0.272. The van der Waals surface area contributed by atoms with E-state index in [1.165, 1.54) is 0 Å². The summed E-state index contributed by atoms with van der Waals surface area (Å²) in [4.78, 5) is 12.2. The molecule has 110 valence electrons. The molecule has 21 heavy (non-hydrogen) atoms. The smallest absolute Gasteiger partial charge is 0.251 e. The maximum absolute atomic E-state index is 12.2. The SMILES string of the molecule is CO[C@H](CNC(=O)c1ccccc1C)c1ccccc1Cl. The molecule has 0 heterocycles. The molecule has 4 heteroatoms. The van der Waals surface area contributed by atoms with E-state index in [0.717, 1.165) is 11.1 Å². The minimum atomic E-state index is -0.272. The number of ether oxygens (including phenoxy) is 1. The van der Waals surface area contributed by atoms with Crippen LogP contribution in [-0.2, 0) is 4.74 Å². The largest absolute Gasteiger partial charge is 0.375 e. The van der Waals surface area contributed by atoms with Crippen LogP contribution in [0.3, 0.4) is 0 Å². The lowest BCUT2D eigenvalue weighted by Gasteiger charge is -2.18. The van der Waals surface area contributed by atoms with Crippen molar-refractivity contribution in [3.05, 3.63) is 70.2 Å². The van der Waals surface area contributed by atoms with Crippen LogP contribution in [0.25, 0.3) is 0 Å². The fraction of sp³-hybridized carbons (Fsp3) is 0.235. The zero-order valence-electron chi connectivity index (χ0n) is 12.1. The average Bonchev–Trinajstić information content (AvgIpc) is 2.49. The molecule has 0 aliphatic rings. The number of hydrogen-bond donors (Lipinski definition) is 1. The Kier molecular flexibility index (Phi) is 5.37. The van der Waals surface area contributed by atoms with Crippen molar-refractivity contribution >= 4 is 17.5 Å². The molecule has 0 bridgehead atoms. The van der Waals surface area contributed by atoms with Crippen molar-refractivity contribution in [3.8, 4) is 0 Å². The van der Waals surface area contributed by atoms with E-state index in [-0.39, 0.29) is 12.0 Å². The summed E-state index contributed by atoms with van der Waals surface area (Å²) in [6, 6.07) is 15.0. The third-order valence-electron chi connectivity index (χ3n) is 3.37. The molecular formula is C17H18ClNO2. The predicted molar refractivity (Wildman–Crippen MR) is 84.7 cm³/mol. The van der Waals surface area contributed by atoms with Crippen molar-refractivity contribution in [1.82, 2.24) is 5.32 Å². The van der Waals surface area contributed by atoms with Gasteiger partial charge in [0.2, 0.25) is 0 Å². The summed E-state index contributed by atoms with van der Waals surface area (Å²) in [5.74, 6) is -0.109. The van der Waals surface area contributed by atoms with Gasteiger partial charge in [-0.25, -0.2) is 0 Å². The van der Waals surface area contributed by atoms with E-state index in [1.807, 2.05) is 55.5 Å². The predicted octanol–water partition coefficient (Wildman–Crippen LogP) is 3.77. The van der Waals surface area contributed by atoms with Crippen LogP contribution in [0.2, 0.25) is 5.02 Å². The van der Waals surface area contributed by atoms with E-state index in [2.05, 4.69) is 5.32 Å². The molecule has 2 aromatic carbocycles. The van der Waals surface area contributed by atoms with Gasteiger partial charge in [-0.1, -0.05) is 48.0 Å². The third kappa shape index (κ3) is 3.84. The normalized spacial score (nSPS) is 12.0.